The minimum Gasteiger partial charge on any atom is -0.478 e. The molecule has 3 nitrogen and oxygen atoms in total. The fourth-order valence-corrected chi connectivity index (χ4v) is 1.91. The Kier molecular flexibility index (Phi) is 4.00. The summed E-state index contributed by atoms with van der Waals surface area (Å²) in [5.74, 6) is -0.486. The maximum Gasteiger partial charge on any atom is 0.347 e. The number of ether oxygens (including phenoxy) is 1. The summed E-state index contributed by atoms with van der Waals surface area (Å²) in [6.07, 6.45) is 0. The lowest BCUT2D eigenvalue weighted by Gasteiger charge is -2.21. The number of benzene rings is 2. The molecule has 0 saturated carbocycles. The molecule has 0 bridgehead atoms. The zero-order chi connectivity index (χ0) is 14.8. The predicted molar refractivity (Wildman–Crippen MR) is 79.2 cm³/mol. The molecule has 0 radical (unpaired) electrons. The Morgan fingerprint density at radius 3 is 2.30 bits per heavy atom. The highest BCUT2D eigenvalue weighted by atomic mass is 35.5. The molecule has 0 amide bonds. The van der Waals surface area contributed by atoms with Gasteiger partial charge in [-0.3, -0.25) is 0 Å². The van der Waals surface area contributed by atoms with Crippen molar-refractivity contribution in [1.82, 2.24) is 0 Å². The third-order valence-corrected chi connectivity index (χ3v) is 3.14. The Labute approximate surface area is 122 Å². The van der Waals surface area contributed by atoms with Crippen LogP contribution < -0.4 is 4.74 Å². The van der Waals surface area contributed by atoms with Gasteiger partial charge in [-0.25, -0.2) is 4.79 Å². The standard InChI is InChI=1S/C16H15ClO3/c1-16(2,15(18)19)20-14-8-6-11(7-9-14)12-4-3-5-13(17)10-12/h3-10H,1-2H3,(H,18,19). The second kappa shape index (κ2) is 5.55. The van der Waals surface area contributed by atoms with Gasteiger partial charge in [-0.15, -0.1) is 0 Å². The van der Waals surface area contributed by atoms with Crippen molar-refractivity contribution >= 4 is 17.6 Å². The normalized spacial score (nSPS) is 11.2. The van der Waals surface area contributed by atoms with E-state index in [9.17, 15) is 4.79 Å². The fraction of sp³-hybridized carbons (Fsp3) is 0.188. The van der Waals surface area contributed by atoms with Crippen LogP contribution in [-0.2, 0) is 4.79 Å². The van der Waals surface area contributed by atoms with Gasteiger partial charge in [0.15, 0.2) is 5.60 Å². The average Bonchev–Trinajstić information content (AvgIpc) is 2.39. The van der Waals surface area contributed by atoms with Gasteiger partial charge >= 0.3 is 5.97 Å². The maximum atomic E-state index is 11.0. The molecule has 0 saturated heterocycles. The van der Waals surface area contributed by atoms with E-state index in [1.165, 1.54) is 13.8 Å². The van der Waals surface area contributed by atoms with Gasteiger partial charge in [0.2, 0.25) is 0 Å². The van der Waals surface area contributed by atoms with Crippen LogP contribution in [0.4, 0.5) is 0 Å². The van der Waals surface area contributed by atoms with Crippen LogP contribution in [0.2, 0.25) is 5.02 Å². The summed E-state index contributed by atoms with van der Waals surface area (Å²) in [6, 6.07) is 14.8. The van der Waals surface area contributed by atoms with Gasteiger partial charge in [-0.2, -0.15) is 0 Å². The molecule has 20 heavy (non-hydrogen) atoms. The van der Waals surface area contributed by atoms with Gasteiger partial charge in [-0.05, 0) is 49.2 Å². The highest BCUT2D eigenvalue weighted by Crippen LogP contribution is 2.26. The van der Waals surface area contributed by atoms with Crippen LogP contribution in [-0.4, -0.2) is 16.7 Å². The zero-order valence-electron chi connectivity index (χ0n) is 11.3. The quantitative estimate of drug-likeness (QED) is 0.915. The van der Waals surface area contributed by atoms with E-state index in [2.05, 4.69) is 0 Å². The molecule has 1 N–H and O–H groups in total. The summed E-state index contributed by atoms with van der Waals surface area (Å²) in [7, 11) is 0. The Morgan fingerprint density at radius 2 is 1.75 bits per heavy atom. The monoisotopic (exact) mass is 290 g/mol. The Bertz CT molecular complexity index is 618. The van der Waals surface area contributed by atoms with Crippen molar-refractivity contribution in [3.8, 4) is 16.9 Å². The lowest BCUT2D eigenvalue weighted by atomic mass is 10.1. The summed E-state index contributed by atoms with van der Waals surface area (Å²) < 4.78 is 5.45. The molecule has 0 aliphatic heterocycles. The molecule has 4 heteroatoms. The van der Waals surface area contributed by atoms with E-state index in [0.29, 0.717) is 10.8 Å². The van der Waals surface area contributed by atoms with Crippen LogP contribution >= 0.6 is 11.6 Å². The Hall–Kier alpha value is -2.00. The van der Waals surface area contributed by atoms with Crippen LogP contribution in [0, 0.1) is 0 Å². The Balaban J connectivity index is 2.21. The Morgan fingerprint density at radius 1 is 1.10 bits per heavy atom. The number of carboxylic acid groups (broad SMARTS) is 1. The van der Waals surface area contributed by atoms with Gasteiger partial charge in [0.25, 0.3) is 0 Å². The molecule has 2 rings (SSSR count). The van der Waals surface area contributed by atoms with Crippen LogP contribution in [0.15, 0.2) is 48.5 Å². The van der Waals surface area contributed by atoms with Crippen molar-refractivity contribution in [3.05, 3.63) is 53.6 Å². The number of rotatable bonds is 4. The van der Waals surface area contributed by atoms with E-state index in [0.717, 1.165) is 11.1 Å². The molecule has 0 spiro atoms. The lowest BCUT2D eigenvalue weighted by molar-refractivity contribution is -0.152. The molecular weight excluding hydrogens is 276 g/mol. The molecule has 104 valence electrons. The summed E-state index contributed by atoms with van der Waals surface area (Å²) in [5, 5.41) is 9.70. The van der Waals surface area contributed by atoms with E-state index < -0.39 is 11.6 Å². The fourth-order valence-electron chi connectivity index (χ4n) is 1.72. The lowest BCUT2D eigenvalue weighted by Crippen LogP contribution is -2.37. The first-order valence-corrected chi connectivity index (χ1v) is 6.55. The number of hydrogen-bond acceptors (Lipinski definition) is 2. The van der Waals surface area contributed by atoms with E-state index >= 15 is 0 Å². The number of hydrogen-bond donors (Lipinski definition) is 1. The molecule has 0 fully saturated rings. The van der Waals surface area contributed by atoms with Crippen LogP contribution in [0.1, 0.15) is 13.8 Å². The van der Waals surface area contributed by atoms with Crippen molar-refractivity contribution in [2.24, 2.45) is 0 Å². The van der Waals surface area contributed by atoms with E-state index in [-0.39, 0.29) is 0 Å². The molecule has 2 aromatic rings. The molecule has 0 atom stereocenters. The summed E-state index contributed by atoms with van der Waals surface area (Å²) in [5.41, 5.74) is 0.743. The van der Waals surface area contributed by atoms with E-state index in [1.54, 1.807) is 12.1 Å². The highest BCUT2D eigenvalue weighted by Gasteiger charge is 2.29. The second-order valence-corrected chi connectivity index (χ2v) is 5.39. The first kappa shape index (κ1) is 14.4. The first-order chi connectivity index (χ1) is 9.38. The van der Waals surface area contributed by atoms with E-state index in [1.807, 2.05) is 36.4 Å². The zero-order valence-corrected chi connectivity index (χ0v) is 12.0. The van der Waals surface area contributed by atoms with Crippen LogP contribution in [0.25, 0.3) is 11.1 Å². The molecule has 0 heterocycles. The van der Waals surface area contributed by atoms with Gasteiger partial charge in [0, 0.05) is 5.02 Å². The number of aliphatic carboxylic acids is 1. The minimum atomic E-state index is -1.25. The van der Waals surface area contributed by atoms with Crippen LogP contribution in [0.5, 0.6) is 5.75 Å². The highest BCUT2D eigenvalue weighted by molar-refractivity contribution is 6.30. The summed E-state index contributed by atoms with van der Waals surface area (Å²) in [6.45, 7) is 3.03. The van der Waals surface area contributed by atoms with Crippen molar-refractivity contribution in [2.45, 2.75) is 19.4 Å². The number of halogens is 1. The van der Waals surface area contributed by atoms with E-state index in [4.69, 9.17) is 21.4 Å². The van der Waals surface area contributed by atoms with Crippen molar-refractivity contribution < 1.29 is 14.6 Å². The second-order valence-electron chi connectivity index (χ2n) is 4.95. The third kappa shape index (κ3) is 3.31. The summed E-state index contributed by atoms with van der Waals surface area (Å²) >= 11 is 5.96. The number of carboxylic acids is 1. The minimum absolute atomic E-state index is 0.517. The van der Waals surface area contributed by atoms with Crippen LogP contribution in [0.3, 0.4) is 0 Å². The largest absolute Gasteiger partial charge is 0.478 e. The summed E-state index contributed by atoms with van der Waals surface area (Å²) in [4.78, 5) is 11.0. The van der Waals surface area contributed by atoms with Crippen molar-refractivity contribution in [2.75, 3.05) is 0 Å². The topological polar surface area (TPSA) is 46.5 Å². The first-order valence-electron chi connectivity index (χ1n) is 6.17. The smallest absolute Gasteiger partial charge is 0.347 e. The predicted octanol–water partition coefficient (Wildman–Crippen LogP) is 4.25. The molecule has 0 aromatic heterocycles. The molecular formula is C16H15ClO3. The van der Waals surface area contributed by atoms with Crippen molar-refractivity contribution in [3.63, 3.8) is 0 Å². The van der Waals surface area contributed by atoms with Gasteiger partial charge in [0.05, 0.1) is 0 Å². The average molecular weight is 291 g/mol. The molecule has 0 aliphatic rings. The molecule has 2 aromatic carbocycles. The molecule has 0 aliphatic carbocycles. The number of carbonyl (C=O) groups is 1. The van der Waals surface area contributed by atoms with Gasteiger partial charge < -0.3 is 9.84 Å². The van der Waals surface area contributed by atoms with Gasteiger partial charge in [0.1, 0.15) is 5.75 Å². The third-order valence-electron chi connectivity index (χ3n) is 2.90. The van der Waals surface area contributed by atoms with Gasteiger partial charge in [-0.1, -0.05) is 35.9 Å². The maximum absolute atomic E-state index is 11.0. The molecule has 0 unspecified atom stereocenters. The van der Waals surface area contributed by atoms with Crippen molar-refractivity contribution in [1.29, 1.82) is 0 Å². The SMILES string of the molecule is CC(C)(Oc1ccc(-c2cccc(Cl)c2)cc1)C(=O)O.